The molecule has 194 valence electrons. The molecule has 5 aromatic rings. The van der Waals surface area contributed by atoms with Crippen LogP contribution < -0.4 is 4.90 Å². The molecule has 0 saturated heterocycles. The van der Waals surface area contributed by atoms with Crippen molar-refractivity contribution in [2.24, 2.45) is 4.99 Å². The van der Waals surface area contributed by atoms with E-state index in [1.54, 1.807) is 11.3 Å². The highest BCUT2D eigenvalue weighted by Crippen LogP contribution is 2.37. The van der Waals surface area contributed by atoms with E-state index in [2.05, 4.69) is 64.8 Å². The molecule has 4 heteroatoms. The third-order valence-corrected chi connectivity index (χ3v) is 7.27. The number of thiophene rings is 1. The van der Waals surface area contributed by atoms with Gasteiger partial charge in [0.2, 0.25) is 0 Å². The normalized spacial score (nSPS) is 11.8. The summed E-state index contributed by atoms with van der Waals surface area (Å²) in [6.07, 6.45) is 7.65. The lowest BCUT2D eigenvalue weighted by Crippen LogP contribution is -2.14. The molecule has 0 saturated carbocycles. The van der Waals surface area contributed by atoms with E-state index in [-0.39, 0.29) is 5.84 Å². The van der Waals surface area contributed by atoms with Crippen molar-refractivity contribution in [2.75, 3.05) is 4.90 Å². The van der Waals surface area contributed by atoms with Crippen molar-refractivity contribution >= 4 is 50.4 Å². The number of nitrogens with one attached hydrogen (secondary N) is 1. The van der Waals surface area contributed by atoms with E-state index >= 15 is 0 Å². The summed E-state index contributed by atoms with van der Waals surface area (Å²) in [5, 5.41) is 12.0. The Morgan fingerprint density at radius 2 is 1.40 bits per heavy atom. The van der Waals surface area contributed by atoms with E-state index < -0.39 is 0 Å². The number of amidine groups is 1. The monoisotopic (exact) mass is 535 g/mol. The number of para-hydroxylation sites is 1. The first-order chi connectivity index (χ1) is 19.6. The largest absolute Gasteiger partial charge is 0.310 e. The number of allylic oxidation sites excluding steroid dienone is 2. The highest BCUT2D eigenvalue weighted by atomic mass is 32.1. The van der Waals surface area contributed by atoms with Crippen LogP contribution in [-0.4, -0.2) is 11.5 Å². The fourth-order valence-electron chi connectivity index (χ4n) is 4.28. The fourth-order valence-corrected chi connectivity index (χ4v) is 5.18. The minimum absolute atomic E-state index is 0.0900. The van der Waals surface area contributed by atoms with E-state index in [0.717, 1.165) is 28.2 Å². The van der Waals surface area contributed by atoms with Gasteiger partial charge in [0.1, 0.15) is 0 Å². The van der Waals surface area contributed by atoms with Crippen LogP contribution >= 0.6 is 11.3 Å². The first kappa shape index (κ1) is 26.5. The second-order valence-electron chi connectivity index (χ2n) is 9.09. The zero-order valence-electron chi connectivity index (χ0n) is 22.1. The van der Waals surface area contributed by atoms with Crippen LogP contribution in [0.3, 0.4) is 0 Å². The Kier molecular flexibility index (Phi) is 8.40. The van der Waals surface area contributed by atoms with E-state index in [1.807, 2.05) is 103 Å². The lowest BCUT2D eigenvalue weighted by Gasteiger charge is -2.26. The number of rotatable bonds is 9. The molecule has 0 aliphatic carbocycles. The Morgan fingerprint density at radius 3 is 2.12 bits per heavy atom. The molecular formula is C36H29N3S. The van der Waals surface area contributed by atoms with Crippen molar-refractivity contribution < 1.29 is 0 Å². The quantitative estimate of drug-likeness (QED) is 0.114. The molecule has 0 fully saturated rings. The van der Waals surface area contributed by atoms with Crippen LogP contribution in [0.4, 0.5) is 11.4 Å². The van der Waals surface area contributed by atoms with E-state index in [9.17, 15) is 0 Å². The van der Waals surface area contributed by atoms with Crippen molar-refractivity contribution in [1.29, 1.82) is 5.41 Å². The molecule has 0 amide bonds. The summed E-state index contributed by atoms with van der Waals surface area (Å²) >= 11 is 1.71. The van der Waals surface area contributed by atoms with Crippen LogP contribution in [0.5, 0.6) is 0 Å². The molecule has 0 spiro atoms. The van der Waals surface area contributed by atoms with Crippen LogP contribution in [0.1, 0.15) is 11.1 Å². The summed E-state index contributed by atoms with van der Waals surface area (Å²) in [6, 6.07) is 38.5. The molecule has 40 heavy (non-hydrogen) atoms. The topological polar surface area (TPSA) is 39.5 Å². The van der Waals surface area contributed by atoms with E-state index in [0.29, 0.717) is 11.3 Å². The molecular weight excluding hydrogens is 506 g/mol. The lowest BCUT2D eigenvalue weighted by molar-refractivity contribution is 1.23. The van der Waals surface area contributed by atoms with Crippen molar-refractivity contribution in [2.45, 2.75) is 0 Å². The van der Waals surface area contributed by atoms with Gasteiger partial charge in [-0.2, -0.15) is 0 Å². The summed E-state index contributed by atoms with van der Waals surface area (Å²) in [7, 11) is 0. The number of hydrogen-bond acceptors (Lipinski definition) is 3. The Hall–Kier alpha value is -5.06. The predicted molar refractivity (Wildman–Crippen MR) is 174 cm³/mol. The summed E-state index contributed by atoms with van der Waals surface area (Å²) < 4.78 is 1.19. The van der Waals surface area contributed by atoms with Gasteiger partial charge in [0.15, 0.2) is 5.84 Å². The van der Waals surface area contributed by atoms with Crippen molar-refractivity contribution in [3.05, 3.63) is 174 Å². The molecule has 0 aliphatic rings. The molecule has 5 rings (SSSR count). The maximum Gasteiger partial charge on any atom is 0.151 e. The number of aliphatic imine (C=N–C) groups is 1. The van der Waals surface area contributed by atoms with Gasteiger partial charge in [0.05, 0.1) is 16.1 Å². The van der Waals surface area contributed by atoms with Crippen molar-refractivity contribution in [3.63, 3.8) is 0 Å². The second kappa shape index (κ2) is 12.7. The molecule has 0 radical (unpaired) electrons. The minimum Gasteiger partial charge on any atom is -0.310 e. The van der Waals surface area contributed by atoms with Gasteiger partial charge in [-0.1, -0.05) is 110 Å². The first-order valence-corrected chi connectivity index (χ1v) is 13.8. The Bertz CT molecular complexity index is 1730. The third-order valence-electron chi connectivity index (χ3n) is 6.32. The van der Waals surface area contributed by atoms with Gasteiger partial charge >= 0.3 is 0 Å². The van der Waals surface area contributed by atoms with Gasteiger partial charge in [0, 0.05) is 22.5 Å². The number of fused-ring (bicyclic) bond motifs is 1. The first-order valence-electron chi connectivity index (χ1n) is 12.9. The Labute approximate surface area is 239 Å². The average Bonchev–Trinajstić information content (AvgIpc) is 3.49. The maximum atomic E-state index is 8.71. The summed E-state index contributed by atoms with van der Waals surface area (Å²) in [5.74, 6) is 0.0900. The fraction of sp³-hybridized carbons (Fsp3) is 0. The maximum absolute atomic E-state index is 8.71. The summed E-state index contributed by atoms with van der Waals surface area (Å²) in [5.41, 5.74) is 6.01. The molecule has 0 bridgehead atoms. The van der Waals surface area contributed by atoms with Crippen molar-refractivity contribution in [1.82, 2.24) is 0 Å². The molecule has 1 aromatic heterocycles. The number of nitrogens with zero attached hydrogens (tertiary/aromatic N) is 2. The minimum atomic E-state index is 0.0900. The van der Waals surface area contributed by atoms with Crippen molar-refractivity contribution in [3.8, 4) is 0 Å². The SMILES string of the molecule is C=C(/C=C\C(=C)N(c1ccccc1)c1cccc2ccsc12)C(=N)/N=C(\C=C\c1ccccc1)c1ccccc1. The van der Waals surface area contributed by atoms with Gasteiger partial charge in [-0.25, -0.2) is 4.99 Å². The van der Waals surface area contributed by atoms with Crippen LogP contribution in [0, 0.1) is 5.41 Å². The Morgan fingerprint density at radius 1 is 0.725 bits per heavy atom. The third kappa shape index (κ3) is 6.32. The van der Waals surface area contributed by atoms with E-state index in [1.165, 1.54) is 10.1 Å². The van der Waals surface area contributed by atoms with Gasteiger partial charge in [-0.05, 0) is 58.8 Å². The summed E-state index contributed by atoms with van der Waals surface area (Å²) in [4.78, 5) is 6.79. The highest BCUT2D eigenvalue weighted by molar-refractivity contribution is 7.17. The van der Waals surface area contributed by atoms with Gasteiger partial charge in [-0.3, -0.25) is 5.41 Å². The average molecular weight is 536 g/mol. The predicted octanol–water partition coefficient (Wildman–Crippen LogP) is 9.85. The zero-order valence-corrected chi connectivity index (χ0v) is 22.9. The lowest BCUT2D eigenvalue weighted by atomic mass is 10.1. The number of hydrogen-bond donors (Lipinski definition) is 1. The highest BCUT2D eigenvalue weighted by Gasteiger charge is 2.15. The smallest absolute Gasteiger partial charge is 0.151 e. The van der Waals surface area contributed by atoms with Crippen LogP contribution in [0.2, 0.25) is 0 Å². The van der Waals surface area contributed by atoms with Crippen LogP contribution in [-0.2, 0) is 0 Å². The summed E-state index contributed by atoms with van der Waals surface area (Å²) in [6.45, 7) is 8.52. The second-order valence-corrected chi connectivity index (χ2v) is 10.0. The number of benzene rings is 4. The molecule has 1 N–H and O–H groups in total. The molecule has 3 nitrogen and oxygen atoms in total. The number of anilines is 2. The Balaban J connectivity index is 1.42. The standard InChI is InChI=1S/C36H29N3S/c1-27(36(37)38-33(30-15-8-4-9-16-30)24-23-29-13-6-3-7-14-29)21-22-28(2)39(32-18-10-5-11-19-32)34-20-12-17-31-25-26-40-35(31)34/h3-26,37H,1-2H2/b22-21-,24-23+,37-36?,38-33+. The molecule has 1 heterocycles. The van der Waals surface area contributed by atoms with Gasteiger partial charge in [-0.15, -0.1) is 11.3 Å². The molecule has 4 aromatic carbocycles. The molecule has 0 aliphatic heterocycles. The van der Waals surface area contributed by atoms with E-state index in [4.69, 9.17) is 5.41 Å². The molecule has 0 atom stereocenters. The van der Waals surface area contributed by atoms with Crippen LogP contribution in [0.25, 0.3) is 16.2 Å². The van der Waals surface area contributed by atoms with Gasteiger partial charge < -0.3 is 4.90 Å². The van der Waals surface area contributed by atoms with Crippen LogP contribution in [0.15, 0.2) is 168 Å². The molecule has 0 unspecified atom stereocenters. The zero-order chi connectivity index (χ0) is 27.7. The van der Waals surface area contributed by atoms with Gasteiger partial charge in [0.25, 0.3) is 0 Å².